The summed E-state index contributed by atoms with van der Waals surface area (Å²) >= 11 is 6.35. The molecule has 0 unspecified atom stereocenters. The monoisotopic (exact) mass is 652 g/mol. The second kappa shape index (κ2) is 15.9. The number of hydrazine groups is 1. The molecular weight excluding hydrogens is 625 g/mol. The van der Waals surface area contributed by atoms with Crippen LogP contribution in [0.1, 0.15) is 28.9 Å². The van der Waals surface area contributed by atoms with E-state index in [-0.39, 0.29) is 71.2 Å². The minimum absolute atomic E-state index is 0.0917. The highest BCUT2D eigenvalue weighted by atomic mass is 35.5. The summed E-state index contributed by atoms with van der Waals surface area (Å²) < 4.78 is 41.5. The second-order valence-electron chi connectivity index (χ2n) is 8.84. The van der Waals surface area contributed by atoms with E-state index in [0.29, 0.717) is 18.7 Å². The molecule has 2 amide bonds. The SMILES string of the molecule is N=C(NN)NCCC(=O)NCCCNC(=O)c1ccc(Nc2nccn3c(-c4c[nH]nc4C(F)(F)F)cnc23)cc1Cl.O=CO. The summed E-state index contributed by atoms with van der Waals surface area (Å²) in [5.74, 6) is 4.58. The lowest BCUT2D eigenvalue weighted by molar-refractivity contribution is -0.140. The van der Waals surface area contributed by atoms with Crippen LogP contribution in [0.4, 0.5) is 24.7 Å². The van der Waals surface area contributed by atoms with Gasteiger partial charge in [-0.25, -0.2) is 15.8 Å². The molecule has 4 aromatic rings. The van der Waals surface area contributed by atoms with Crippen molar-refractivity contribution >= 4 is 53.0 Å². The maximum absolute atomic E-state index is 13.4. The van der Waals surface area contributed by atoms with Crippen molar-refractivity contribution in [3.05, 3.63) is 59.3 Å². The van der Waals surface area contributed by atoms with Gasteiger partial charge in [-0.1, -0.05) is 11.6 Å². The summed E-state index contributed by atoms with van der Waals surface area (Å²) in [6, 6.07) is 4.63. The van der Waals surface area contributed by atoms with E-state index in [9.17, 15) is 22.8 Å². The number of nitrogens with zero attached hydrogens (tertiary/aromatic N) is 4. The maximum Gasteiger partial charge on any atom is 0.435 e. The summed E-state index contributed by atoms with van der Waals surface area (Å²) in [6.07, 6.45) is 1.31. The number of carbonyl (C=O) groups excluding carboxylic acids is 2. The van der Waals surface area contributed by atoms with Crippen LogP contribution in [0.15, 0.2) is 43.0 Å². The van der Waals surface area contributed by atoms with Crippen molar-refractivity contribution < 1.29 is 32.7 Å². The van der Waals surface area contributed by atoms with Crippen molar-refractivity contribution in [3.63, 3.8) is 0 Å². The molecule has 1 aromatic carbocycles. The predicted octanol–water partition coefficient (Wildman–Crippen LogP) is 1.85. The molecule has 0 fully saturated rings. The molecule has 16 nitrogen and oxygen atoms in total. The molecule has 4 rings (SSSR count). The number of nitrogens with two attached hydrogens (primary N) is 1. The number of hydrogen-bond donors (Lipinski definition) is 9. The number of aromatic nitrogens is 5. The standard InChI is InChI=1S/C24H26ClF3N12O2.CH2O2/c25-16-10-13(2-3-14(16)22(42)33-6-1-5-31-18(41)4-7-34-23(29)38-30)37-20-21-35-12-17(40(21)9-8-32-20)15-11-36-39-19(15)24(26,27)28;2-1-3/h2-3,8-12H,1,4-7,30H2,(H,31,41)(H,32,37)(H,33,42)(H,36,39)(H3,29,34,38);1H,(H,2,3). The van der Waals surface area contributed by atoms with Crippen LogP contribution in [-0.2, 0) is 15.8 Å². The van der Waals surface area contributed by atoms with Gasteiger partial charge in [0.15, 0.2) is 17.2 Å². The van der Waals surface area contributed by atoms with Gasteiger partial charge in [-0.3, -0.25) is 34.7 Å². The van der Waals surface area contributed by atoms with Crippen molar-refractivity contribution in [2.24, 2.45) is 5.84 Å². The Kier molecular flexibility index (Phi) is 12.0. The number of hydrogen-bond acceptors (Lipinski definition) is 9. The molecule has 0 radical (unpaired) electrons. The number of benzene rings is 1. The summed E-state index contributed by atoms with van der Waals surface area (Å²) in [5.41, 5.74) is 2.00. The summed E-state index contributed by atoms with van der Waals surface area (Å²) in [4.78, 5) is 41.2. The Balaban J connectivity index is 0.00000177. The van der Waals surface area contributed by atoms with Crippen molar-refractivity contribution in [2.75, 3.05) is 25.0 Å². The third-order valence-corrected chi connectivity index (χ3v) is 6.16. The van der Waals surface area contributed by atoms with Gasteiger partial charge in [-0.05, 0) is 24.6 Å². The minimum Gasteiger partial charge on any atom is -0.483 e. The van der Waals surface area contributed by atoms with Crippen LogP contribution >= 0.6 is 11.6 Å². The highest BCUT2D eigenvalue weighted by Gasteiger charge is 2.37. The normalized spacial score (nSPS) is 10.8. The number of carboxylic acid groups (broad SMARTS) is 1. The first-order valence-corrected chi connectivity index (χ1v) is 13.3. The molecule has 240 valence electrons. The number of guanidine groups is 1. The van der Waals surface area contributed by atoms with Crippen molar-refractivity contribution in [1.82, 2.24) is 45.9 Å². The molecule has 0 aliphatic carbocycles. The highest BCUT2D eigenvalue weighted by molar-refractivity contribution is 6.34. The Hall–Kier alpha value is -5.43. The van der Waals surface area contributed by atoms with Gasteiger partial charge in [0.2, 0.25) is 11.9 Å². The van der Waals surface area contributed by atoms with Gasteiger partial charge in [0.05, 0.1) is 28.0 Å². The number of aromatic amines is 1. The van der Waals surface area contributed by atoms with E-state index < -0.39 is 17.8 Å². The van der Waals surface area contributed by atoms with E-state index in [1.165, 1.54) is 35.1 Å². The van der Waals surface area contributed by atoms with Gasteiger partial charge in [-0.15, -0.1) is 0 Å². The Morgan fingerprint density at radius 3 is 2.58 bits per heavy atom. The first-order chi connectivity index (χ1) is 21.5. The van der Waals surface area contributed by atoms with Gasteiger partial charge >= 0.3 is 6.18 Å². The number of H-pyrrole nitrogens is 1. The summed E-state index contributed by atoms with van der Waals surface area (Å²) in [6.45, 7) is 0.627. The van der Waals surface area contributed by atoms with Gasteiger partial charge in [-0.2, -0.15) is 18.3 Å². The van der Waals surface area contributed by atoms with E-state index in [2.05, 4.69) is 46.9 Å². The van der Waals surface area contributed by atoms with Crippen LogP contribution in [-0.4, -0.2) is 73.6 Å². The molecule has 10 N–H and O–H groups in total. The van der Waals surface area contributed by atoms with E-state index in [1.54, 1.807) is 6.07 Å². The summed E-state index contributed by atoms with van der Waals surface area (Å²) in [7, 11) is 0. The van der Waals surface area contributed by atoms with Crippen LogP contribution in [0.25, 0.3) is 16.9 Å². The molecule has 0 saturated heterocycles. The topological polar surface area (TPSA) is 240 Å². The third-order valence-electron chi connectivity index (χ3n) is 5.85. The van der Waals surface area contributed by atoms with Crippen LogP contribution < -0.4 is 32.5 Å². The van der Waals surface area contributed by atoms with E-state index in [1.807, 2.05) is 0 Å². The van der Waals surface area contributed by atoms with Crippen LogP contribution in [0, 0.1) is 5.41 Å². The molecule has 0 aliphatic heterocycles. The Labute approximate surface area is 257 Å². The van der Waals surface area contributed by atoms with Gasteiger partial charge in [0.1, 0.15) is 0 Å². The largest absolute Gasteiger partial charge is 0.483 e. The van der Waals surface area contributed by atoms with Gasteiger partial charge in [0.25, 0.3) is 12.4 Å². The Morgan fingerprint density at radius 1 is 1.16 bits per heavy atom. The number of fused-ring (bicyclic) bond motifs is 1. The molecule has 45 heavy (non-hydrogen) atoms. The zero-order valence-electron chi connectivity index (χ0n) is 23.2. The number of nitrogens with one attached hydrogen (secondary N) is 7. The molecular formula is C25H28ClF3N12O4. The van der Waals surface area contributed by atoms with Crippen LogP contribution in [0.5, 0.6) is 0 Å². The lowest BCUT2D eigenvalue weighted by Crippen LogP contribution is -2.42. The Bertz CT molecular complexity index is 1640. The maximum atomic E-state index is 13.4. The Morgan fingerprint density at radius 2 is 1.89 bits per heavy atom. The average Bonchev–Trinajstić information content (AvgIpc) is 3.65. The fraction of sp³-hybridized carbons (Fsp3) is 0.240. The number of halogens is 4. The van der Waals surface area contributed by atoms with E-state index in [0.717, 1.165) is 6.20 Å². The van der Waals surface area contributed by atoms with Crippen LogP contribution in [0.2, 0.25) is 5.02 Å². The first-order valence-electron chi connectivity index (χ1n) is 12.9. The molecule has 3 aromatic heterocycles. The zero-order chi connectivity index (χ0) is 33.0. The first kappa shape index (κ1) is 34.1. The number of rotatable bonds is 11. The van der Waals surface area contributed by atoms with Gasteiger partial charge in [0, 0.05) is 50.3 Å². The second-order valence-corrected chi connectivity index (χ2v) is 9.25. The van der Waals surface area contributed by atoms with Crippen molar-refractivity contribution in [2.45, 2.75) is 19.0 Å². The number of amides is 2. The van der Waals surface area contributed by atoms with Gasteiger partial charge < -0.3 is 26.4 Å². The molecule has 0 atom stereocenters. The van der Waals surface area contributed by atoms with Crippen molar-refractivity contribution in [1.29, 1.82) is 5.41 Å². The fourth-order valence-corrected chi connectivity index (χ4v) is 4.14. The summed E-state index contributed by atoms with van der Waals surface area (Å²) in [5, 5.41) is 31.0. The fourth-order valence-electron chi connectivity index (χ4n) is 3.88. The average molecular weight is 653 g/mol. The molecule has 0 aliphatic rings. The van der Waals surface area contributed by atoms with Crippen molar-refractivity contribution in [3.8, 4) is 11.3 Å². The molecule has 0 saturated carbocycles. The number of anilines is 2. The quantitative estimate of drug-likeness (QED) is 0.0283. The highest BCUT2D eigenvalue weighted by Crippen LogP contribution is 2.36. The molecule has 3 heterocycles. The van der Waals surface area contributed by atoms with Crippen LogP contribution in [0.3, 0.4) is 0 Å². The molecule has 20 heteroatoms. The smallest absolute Gasteiger partial charge is 0.435 e. The minimum atomic E-state index is -4.65. The molecule has 0 bridgehead atoms. The lowest BCUT2D eigenvalue weighted by Gasteiger charge is -2.11. The third kappa shape index (κ3) is 9.28. The number of carbonyl (C=O) groups is 3. The molecule has 0 spiro atoms. The predicted molar refractivity (Wildman–Crippen MR) is 157 cm³/mol. The van der Waals surface area contributed by atoms with E-state index in [4.69, 9.17) is 32.8 Å². The number of imidazole rings is 1. The van der Waals surface area contributed by atoms with E-state index >= 15 is 0 Å². The number of alkyl halides is 3. The zero-order valence-corrected chi connectivity index (χ0v) is 24.0. The lowest BCUT2D eigenvalue weighted by atomic mass is 10.2.